The number of nitrogens with zero attached hydrogens (tertiary/aromatic N) is 2. The van der Waals surface area contributed by atoms with Crippen molar-refractivity contribution in [2.45, 2.75) is 0 Å². The average Bonchev–Trinajstić information content (AvgIpc) is 2.78. The minimum absolute atomic E-state index is 0.558. The van der Waals surface area contributed by atoms with E-state index in [0.29, 0.717) is 12.2 Å². The molecule has 0 saturated carbocycles. The lowest BCUT2D eigenvalue weighted by Gasteiger charge is -2.12. The predicted octanol–water partition coefficient (Wildman–Crippen LogP) is 4.68. The van der Waals surface area contributed by atoms with E-state index in [4.69, 9.17) is 10.2 Å². The Balaban J connectivity index is 0.000000275. The summed E-state index contributed by atoms with van der Waals surface area (Å²) in [5.41, 5.74) is 4.82. The summed E-state index contributed by atoms with van der Waals surface area (Å²) in [6.45, 7) is 0. The highest BCUT2D eigenvalue weighted by Crippen LogP contribution is 2.35. The van der Waals surface area contributed by atoms with Gasteiger partial charge in [-0.05, 0) is 57.3 Å². The largest absolute Gasteiger partial charge is 0.478 e. The molecule has 30 heavy (non-hydrogen) atoms. The molecule has 2 N–H and O–H groups in total. The van der Waals surface area contributed by atoms with Crippen LogP contribution in [-0.2, 0) is 9.59 Å². The monoisotopic (exact) mass is 398 g/mol. The van der Waals surface area contributed by atoms with Crippen molar-refractivity contribution in [2.75, 3.05) is 0 Å². The summed E-state index contributed by atoms with van der Waals surface area (Å²) in [5.74, 6) is -2.51. The van der Waals surface area contributed by atoms with E-state index in [2.05, 4.69) is 70.6 Å². The number of carbonyl (C=O) groups is 2. The van der Waals surface area contributed by atoms with Gasteiger partial charge < -0.3 is 10.2 Å². The molecule has 4 rings (SSSR count). The molecule has 6 heteroatoms. The van der Waals surface area contributed by atoms with Gasteiger partial charge in [-0.3, -0.25) is 9.97 Å². The molecule has 0 amide bonds. The molecule has 0 radical (unpaired) electrons. The number of aromatic nitrogens is 2. The number of rotatable bonds is 4. The molecule has 0 aliphatic carbocycles. The van der Waals surface area contributed by atoms with Crippen LogP contribution in [0, 0.1) is 0 Å². The molecule has 6 nitrogen and oxygen atoms in total. The van der Waals surface area contributed by atoms with E-state index in [1.54, 1.807) is 0 Å². The Hall–Kier alpha value is -4.32. The van der Waals surface area contributed by atoms with Crippen molar-refractivity contribution in [3.05, 3.63) is 97.6 Å². The number of hydrogen-bond donors (Lipinski definition) is 2. The first-order valence-corrected chi connectivity index (χ1v) is 9.03. The van der Waals surface area contributed by atoms with Gasteiger partial charge in [0.1, 0.15) is 0 Å². The number of benzene rings is 2. The summed E-state index contributed by atoms with van der Waals surface area (Å²) in [6.07, 6.45) is 8.46. The molecule has 148 valence electrons. The number of pyridine rings is 2. The van der Waals surface area contributed by atoms with E-state index < -0.39 is 11.9 Å². The van der Waals surface area contributed by atoms with Crippen molar-refractivity contribution < 1.29 is 19.8 Å². The fourth-order valence-electron chi connectivity index (χ4n) is 3.03. The standard InChI is InChI=1S/C20H14N2.C4H4O4/c1-3-17-4-2-6-19(16-9-13-22-14-10-16)20(17)18(5-1)15-7-11-21-12-8-15;5-3(6)1-2-4(7)8/h1-14H;1-2H,(H,5,6)(H,7,8)/b;2-1+. The minimum Gasteiger partial charge on any atom is -0.478 e. The lowest BCUT2D eigenvalue weighted by atomic mass is 9.92. The lowest BCUT2D eigenvalue weighted by molar-refractivity contribution is -0.134. The highest BCUT2D eigenvalue weighted by Gasteiger charge is 2.09. The van der Waals surface area contributed by atoms with Crippen LogP contribution in [0.4, 0.5) is 0 Å². The lowest BCUT2D eigenvalue weighted by Crippen LogP contribution is -1.91. The second kappa shape index (κ2) is 9.75. The van der Waals surface area contributed by atoms with Gasteiger partial charge in [-0.25, -0.2) is 9.59 Å². The van der Waals surface area contributed by atoms with Gasteiger partial charge in [0.05, 0.1) is 0 Å². The number of carboxylic acids is 2. The summed E-state index contributed by atoms with van der Waals surface area (Å²) in [5, 5.41) is 18.1. The molecule has 2 aromatic carbocycles. The van der Waals surface area contributed by atoms with Crippen LogP contribution >= 0.6 is 0 Å². The second-order valence-corrected chi connectivity index (χ2v) is 6.19. The van der Waals surface area contributed by atoms with Crippen LogP contribution in [0.3, 0.4) is 0 Å². The van der Waals surface area contributed by atoms with Crippen LogP contribution < -0.4 is 0 Å². The molecule has 2 aromatic heterocycles. The predicted molar refractivity (Wildman–Crippen MR) is 115 cm³/mol. The van der Waals surface area contributed by atoms with Crippen molar-refractivity contribution in [2.24, 2.45) is 0 Å². The van der Waals surface area contributed by atoms with E-state index in [0.717, 1.165) is 0 Å². The van der Waals surface area contributed by atoms with Crippen molar-refractivity contribution in [1.29, 1.82) is 0 Å². The number of aliphatic carboxylic acids is 2. The molecular weight excluding hydrogens is 380 g/mol. The highest BCUT2D eigenvalue weighted by molar-refractivity contribution is 6.06. The van der Waals surface area contributed by atoms with Crippen molar-refractivity contribution in [3.8, 4) is 22.3 Å². The topological polar surface area (TPSA) is 100 Å². The Kier molecular flexibility index (Phi) is 6.63. The molecule has 0 spiro atoms. The van der Waals surface area contributed by atoms with E-state index in [9.17, 15) is 9.59 Å². The third kappa shape index (κ3) is 5.14. The molecular formula is C24H18N2O4. The van der Waals surface area contributed by atoms with Crippen LogP contribution in [0.2, 0.25) is 0 Å². The van der Waals surface area contributed by atoms with Crippen molar-refractivity contribution >= 4 is 22.7 Å². The van der Waals surface area contributed by atoms with Crippen molar-refractivity contribution in [3.63, 3.8) is 0 Å². The molecule has 0 bridgehead atoms. The van der Waals surface area contributed by atoms with Crippen LogP contribution in [0.25, 0.3) is 33.0 Å². The molecule has 0 unspecified atom stereocenters. The van der Waals surface area contributed by atoms with E-state index >= 15 is 0 Å². The molecule has 0 atom stereocenters. The zero-order valence-electron chi connectivity index (χ0n) is 15.8. The van der Waals surface area contributed by atoms with Gasteiger partial charge in [-0.1, -0.05) is 36.4 Å². The molecule has 2 heterocycles. The first-order chi connectivity index (χ1) is 14.6. The van der Waals surface area contributed by atoms with Gasteiger partial charge in [-0.15, -0.1) is 0 Å². The third-order valence-electron chi connectivity index (χ3n) is 4.26. The summed E-state index contributed by atoms with van der Waals surface area (Å²) >= 11 is 0. The van der Waals surface area contributed by atoms with Crippen LogP contribution in [-0.4, -0.2) is 32.1 Å². The summed E-state index contributed by atoms with van der Waals surface area (Å²) < 4.78 is 0. The van der Waals surface area contributed by atoms with Gasteiger partial charge in [0.2, 0.25) is 0 Å². The van der Waals surface area contributed by atoms with Gasteiger partial charge in [0.15, 0.2) is 0 Å². The normalized spacial score (nSPS) is 10.4. The van der Waals surface area contributed by atoms with Crippen molar-refractivity contribution in [1.82, 2.24) is 9.97 Å². The quantitative estimate of drug-likeness (QED) is 0.484. The van der Waals surface area contributed by atoms with Gasteiger partial charge >= 0.3 is 11.9 Å². The summed E-state index contributed by atoms with van der Waals surface area (Å²) in [4.78, 5) is 27.4. The van der Waals surface area contributed by atoms with E-state index in [1.807, 2.05) is 24.8 Å². The molecule has 0 fully saturated rings. The number of carboxylic acid groups (broad SMARTS) is 2. The molecule has 0 aliphatic rings. The smallest absolute Gasteiger partial charge is 0.328 e. The maximum absolute atomic E-state index is 9.55. The fraction of sp³-hybridized carbons (Fsp3) is 0. The molecule has 0 aliphatic heterocycles. The summed E-state index contributed by atoms with van der Waals surface area (Å²) in [7, 11) is 0. The van der Waals surface area contributed by atoms with Crippen LogP contribution in [0.5, 0.6) is 0 Å². The Labute approximate surface area is 172 Å². The Morgan fingerprint density at radius 3 is 1.40 bits per heavy atom. The highest BCUT2D eigenvalue weighted by atomic mass is 16.4. The van der Waals surface area contributed by atoms with Crippen LogP contribution in [0.1, 0.15) is 0 Å². The van der Waals surface area contributed by atoms with E-state index in [-0.39, 0.29) is 0 Å². The summed E-state index contributed by atoms with van der Waals surface area (Å²) in [6, 6.07) is 21.1. The minimum atomic E-state index is -1.26. The second-order valence-electron chi connectivity index (χ2n) is 6.19. The Bertz CT molecular complexity index is 1100. The first-order valence-electron chi connectivity index (χ1n) is 9.03. The molecule has 4 aromatic rings. The van der Waals surface area contributed by atoms with Crippen LogP contribution in [0.15, 0.2) is 97.6 Å². The maximum atomic E-state index is 9.55. The zero-order chi connectivity index (χ0) is 21.3. The fourth-order valence-corrected chi connectivity index (χ4v) is 3.03. The van der Waals surface area contributed by atoms with Gasteiger partial charge in [0, 0.05) is 36.9 Å². The van der Waals surface area contributed by atoms with Gasteiger partial charge in [0.25, 0.3) is 0 Å². The van der Waals surface area contributed by atoms with E-state index in [1.165, 1.54) is 33.0 Å². The first kappa shape index (κ1) is 20.4. The zero-order valence-corrected chi connectivity index (χ0v) is 15.8. The average molecular weight is 398 g/mol. The SMILES string of the molecule is O=C(O)/C=C/C(=O)O.c1cc(-c2ccncc2)c2c(-c3ccncc3)cccc2c1. The third-order valence-corrected chi connectivity index (χ3v) is 4.26. The van der Waals surface area contributed by atoms with Gasteiger partial charge in [-0.2, -0.15) is 0 Å². The number of hydrogen-bond acceptors (Lipinski definition) is 4. The maximum Gasteiger partial charge on any atom is 0.328 e. The Morgan fingerprint density at radius 1 is 0.633 bits per heavy atom. The Morgan fingerprint density at radius 2 is 1.03 bits per heavy atom. The molecule has 0 saturated heterocycles. The number of fused-ring (bicyclic) bond motifs is 1.